The van der Waals surface area contributed by atoms with E-state index in [9.17, 15) is 9.59 Å². The van der Waals surface area contributed by atoms with Crippen molar-refractivity contribution in [3.05, 3.63) is 57.8 Å². The van der Waals surface area contributed by atoms with E-state index >= 15 is 0 Å². The maximum Gasteiger partial charge on any atom is 0.338 e. The van der Waals surface area contributed by atoms with Gasteiger partial charge < -0.3 is 9.30 Å². The summed E-state index contributed by atoms with van der Waals surface area (Å²) in [6.07, 6.45) is 0. The van der Waals surface area contributed by atoms with Gasteiger partial charge in [0.15, 0.2) is 4.80 Å². The molecule has 2 aromatic heterocycles. The summed E-state index contributed by atoms with van der Waals surface area (Å²) in [5, 5.41) is 0. The molecule has 4 rings (SSSR count). The Hall–Kier alpha value is -2.84. The van der Waals surface area contributed by atoms with Crippen LogP contribution in [0.4, 0.5) is 0 Å². The van der Waals surface area contributed by atoms with Crippen molar-refractivity contribution in [2.75, 3.05) is 6.61 Å². The number of ether oxygens (including phenoxy) is 1. The normalized spacial score (nSPS) is 12.0. The van der Waals surface area contributed by atoms with Gasteiger partial charge in [0.05, 0.1) is 38.1 Å². The van der Waals surface area contributed by atoms with Crippen LogP contribution < -0.4 is 4.80 Å². The Morgan fingerprint density at radius 3 is 2.74 bits per heavy atom. The van der Waals surface area contributed by atoms with Crippen LogP contribution in [0.15, 0.2) is 46.9 Å². The van der Waals surface area contributed by atoms with Crippen LogP contribution in [-0.4, -0.2) is 28.0 Å². The third kappa shape index (κ3) is 3.29. The summed E-state index contributed by atoms with van der Waals surface area (Å²) in [5.74, 6) is -0.666. The average Bonchev–Trinajstić information content (AvgIpc) is 3.25. The predicted molar refractivity (Wildman–Crippen MR) is 106 cm³/mol. The summed E-state index contributed by atoms with van der Waals surface area (Å²) < 4.78 is 8.71. The number of fused-ring (bicyclic) bond motifs is 2. The Morgan fingerprint density at radius 1 is 1.15 bits per heavy atom. The summed E-state index contributed by atoms with van der Waals surface area (Å²) in [6, 6.07) is 10.7. The molecule has 0 saturated heterocycles. The molecule has 0 fully saturated rings. The highest BCUT2D eigenvalue weighted by Crippen LogP contribution is 2.21. The van der Waals surface area contributed by atoms with Gasteiger partial charge in [-0.15, -0.1) is 11.3 Å². The SMILES string of the molecule is CCOC(=O)c1ccc2c(c1)sc(=NC(=O)c1ccc3ncsc3c1)n2C. The number of nitrogens with zero attached hydrogens (tertiary/aromatic N) is 3. The quantitative estimate of drug-likeness (QED) is 0.493. The van der Waals surface area contributed by atoms with E-state index in [1.807, 2.05) is 29.8 Å². The average molecular weight is 397 g/mol. The number of hydrogen-bond donors (Lipinski definition) is 0. The van der Waals surface area contributed by atoms with E-state index in [1.54, 1.807) is 30.6 Å². The lowest BCUT2D eigenvalue weighted by atomic mass is 10.2. The van der Waals surface area contributed by atoms with Crippen LogP contribution in [0.3, 0.4) is 0 Å². The largest absolute Gasteiger partial charge is 0.462 e. The Kier molecular flexibility index (Phi) is 4.59. The maximum atomic E-state index is 12.6. The van der Waals surface area contributed by atoms with Gasteiger partial charge in [-0.05, 0) is 43.3 Å². The van der Waals surface area contributed by atoms with Crippen molar-refractivity contribution in [3.8, 4) is 0 Å². The van der Waals surface area contributed by atoms with E-state index in [0.717, 1.165) is 20.4 Å². The molecular weight excluding hydrogens is 382 g/mol. The topological polar surface area (TPSA) is 73.6 Å². The molecule has 8 heteroatoms. The van der Waals surface area contributed by atoms with Crippen molar-refractivity contribution in [1.82, 2.24) is 9.55 Å². The van der Waals surface area contributed by atoms with Gasteiger partial charge in [0.25, 0.3) is 5.91 Å². The fraction of sp³-hybridized carbons (Fsp3) is 0.158. The number of benzene rings is 2. The van der Waals surface area contributed by atoms with Gasteiger partial charge in [-0.1, -0.05) is 11.3 Å². The van der Waals surface area contributed by atoms with E-state index < -0.39 is 0 Å². The molecule has 0 radical (unpaired) electrons. The zero-order valence-corrected chi connectivity index (χ0v) is 16.3. The Morgan fingerprint density at radius 2 is 1.93 bits per heavy atom. The van der Waals surface area contributed by atoms with E-state index in [2.05, 4.69) is 9.98 Å². The molecule has 0 aliphatic heterocycles. The molecule has 1 amide bonds. The minimum atomic E-state index is -0.358. The summed E-state index contributed by atoms with van der Waals surface area (Å²) >= 11 is 2.85. The zero-order chi connectivity index (χ0) is 19.0. The van der Waals surface area contributed by atoms with Crippen LogP contribution in [-0.2, 0) is 11.8 Å². The highest BCUT2D eigenvalue weighted by Gasteiger charge is 2.12. The fourth-order valence-electron chi connectivity index (χ4n) is 2.72. The highest BCUT2D eigenvalue weighted by molar-refractivity contribution is 7.17. The smallest absolute Gasteiger partial charge is 0.338 e. The van der Waals surface area contributed by atoms with E-state index in [-0.39, 0.29) is 11.9 Å². The first kappa shape index (κ1) is 17.6. The summed E-state index contributed by atoms with van der Waals surface area (Å²) in [5.41, 5.74) is 4.53. The Labute approximate surface area is 162 Å². The highest BCUT2D eigenvalue weighted by atomic mass is 32.1. The molecule has 2 heterocycles. The molecule has 0 bridgehead atoms. The van der Waals surface area contributed by atoms with Crippen molar-refractivity contribution in [1.29, 1.82) is 0 Å². The molecule has 0 atom stereocenters. The standard InChI is InChI=1S/C19H15N3O3S2/c1-3-25-18(24)12-5-7-14-16(9-12)27-19(22(14)2)21-17(23)11-4-6-13-15(8-11)26-10-20-13/h4-10H,3H2,1-2H3. The molecular formula is C19H15N3O3S2. The van der Waals surface area contributed by atoms with Crippen LogP contribution in [0.2, 0.25) is 0 Å². The number of carbonyl (C=O) groups excluding carboxylic acids is 2. The fourth-order valence-corrected chi connectivity index (χ4v) is 4.49. The molecule has 4 aromatic rings. The monoisotopic (exact) mass is 397 g/mol. The summed E-state index contributed by atoms with van der Waals surface area (Å²) in [4.78, 5) is 33.6. The number of rotatable bonds is 3. The molecule has 0 unspecified atom stereocenters. The third-order valence-electron chi connectivity index (χ3n) is 4.10. The lowest BCUT2D eigenvalue weighted by molar-refractivity contribution is 0.0526. The molecule has 136 valence electrons. The number of esters is 1. The van der Waals surface area contributed by atoms with E-state index in [1.165, 1.54) is 22.7 Å². The van der Waals surface area contributed by atoms with Crippen LogP contribution in [0.25, 0.3) is 20.4 Å². The van der Waals surface area contributed by atoms with Crippen molar-refractivity contribution >= 4 is 55.0 Å². The molecule has 0 N–H and O–H groups in total. The molecule has 0 aliphatic rings. The molecule has 2 aromatic carbocycles. The van der Waals surface area contributed by atoms with Gasteiger partial charge in [0.1, 0.15) is 0 Å². The van der Waals surface area contributed by atoms with Crippen LogP contribution in [0.5, 0.6) is 0 Å². The van der Waals surface area contributed by atoms with Crippen molar-refractivity contribution < 1.29 is 14.3 Å². The zero-order valence-electron chi connectivity index (χ0n) is 14.6. The minimum absolute atomic E-state index is 0.307. The van der Waals surface area contributed by atoms with Crippen molar-refractivity contribution in [2.24, 2.45) is 12.0 Å². The van der Waals surface area contributed by atoms with Crippen molar-refractivity contribution in [3.63, 3.8) is 0 Å². The van der Waals surface area contributed by atoms with Crippen LogP contribution in [0.1, 0.15) is 27.6 Å². The molecule has 0 aliphatic carbocycles. The van der Waals surface area contributed by atoms with Crippen molar-refractivity contribution in [2.45, 2.75) is 6.92 Å². The number of aromatic nitrogens is 2. The number of carbonyl (C=O) groups is 2. The van der Waals surface area contributed by atoms with E-state index in [4.69, 9.17) is 4.74 Å². The second-order valence-electron chi connectivity index (χ2n) is 5.80. The second-order valence-corrected chi connectivity index (χ2v) is 7.69. The second kappa shape index (κ2) is 7.05. The van der Waals surface area contributed by atoms with Gasteiger partial charge >= 0.3 is 5.97 Å². The first-order valence-electron chi connectivity index (χ1n) is 8.26. The predicted octanol–water partition coefficient (Wildman–Crippen LogP) is 3.77. The molecule has 6 nitrogen and oxygen atoms in total. The number of aryl methyl sites for hydroxylation is 1. The third-order valence-corrected chi connectivity index (χ3v) is 5.98. The van der Waals surface area contributed by atoms with Crippen LogP contribution >= 0.6 is 22.7 Å². The minimum Gasteiger partial charge on any atom is -0.462 e. The first-order valence-corrected chi connectivity index (χ1v) is 9.95. The molecule has 0 spiro atoms. The lowest BCUT2D eigenvalue weighted by Crippen LogP contribution is -2.13. The summed E-state index contributed by atoms with van der Waals surface area (Å²) in [7, 11) is 1.85. The van der Waals surface area contributed by atoms with Gasteiger partial charge in [-0.2, -0.15) is 4.99 Å². The molecule has 0 saturated carbocycles. The lowest BCUT2D eigenvalue weighted by Gasteiger charge is -2.01. The summed E-state index contributed by atoms with van der Waals surface area (Å²) in [6.45, 7) is 2.10. The van der Waals surface area contributed by atoms with Gasteiger partial charge in [0, 0.05) is 12.6 Å². The molecule has 27 heavy (non-hydrogen) atoms. The first-order chi connectivity index (χ1) is 13.1. The van der Waals surface area contributed by atoms with Gasteiger partial charge in [-0.3, -0.25) is 4.79 Å². The number of hydrogen-bond acceptors (Lipinski definition) is 6. The maximum absolute atomic E-state index is 12.6. The van der Waals surface area contributed by atoms with Gasteiger partial charge in [-0.25, -0.2) is 9.78 Å². The van der Waals surface area contributed by atoms with E-state index in [0.29, 0.717) is 22.5 Å². The number of thiazole rings is 2. The van der Waals surface area contributed by atoms with Crippen LogP contribution in [0, 0.1) is 0 Å². The number of amides is 1. The Balaban J connectivity index is 1.74. The van der Waals surface area contributed by atoms with Gasteiger partial charge in [0.2, 0.25) is 0 Å². The Bertz CT molecular complexity index is 1250.